The molecule has 5 heteroatoms. The van der Waals surface area contributed by atoms with Gasteiger partial charge in [-0.15, -0.1) is 0 Å². The van der Waals surface area contributed by atoms with Crippen LogP contribution in [0.1, 0.15) is 38.2 Å². The molecule has 92 valence electrons. The lowest BCUT2D eigenvalue weighted by Gasteiger charge is -2.20. The zero-order chi connectivity index (χ0) is 12.6. The maximum Gasteiger partial charge on any atom is 0.234 e. The van der Waals surface area contributed by atoms with Crippen LogP contribution in [-0.4, -0.2) is 26.1 Å². The molecule has 2 rings (SSSR count). The van der Waals surface area contributed by atoms with Crippen molar-refractivity contribution in [3.8, 4) is 0 Å². The molecule has 0 aliphatic heterocycles. The smallest absolute Gasteiger partial charge is 0.234 e. The Morgan fingerprint density at radius 3 is 2.76 bits per heavy atom. The van der Waals surface area contributed by atoms with Crippen molar-refractivity contribution in [3.63, 3.8) is 0 Å². The standard InChI is InChI=1S/C12H18N4O/c1-12(2,3)10-9(8(13)7-17)16-6-4-5-14-11(16)15-10/h4-6,8,17H,7,13H2,1-3H3. The fourth-order valence-electron chi connectivity index (χ4n) is 1.90. The summed E-state index contributed by atoms with van der Waals surface area (Å²) in [5, 5.41) is 9.27. The van der Waals surface area contributed by atoms with Crippen LogP contribution in [0.25, 0.3) is 5.78 Å². The van der Waals surface area contributed by atoms with Gasteiger partial charge in [-0.25, -0.2) is 9.97 Å². The summed E-state index contributed by atoms with van der Waals surface area (Å²) < 4.78 is 1.85. The molecule has 0 aromatic carbocycles. The van der Waals surface area contributed by atoms with E-state index in [0.717, 1.165) is 11.4 Å². The lowest BCUT2D eigenvalue weighted by Crippen LogP contribution is -2.23. The first-order chi connectivity index (χ1) is 7.95. The van der Waals surface area contributed by atoms with E-state index in [2.05, 4.69) is 30.7 Å². The maximum absolute atomic E-state index is 9.27. The molecule has 0 fully saturated rings. The van der Waals surface area contributed by atoms with E-state index in [1.54, 1.807) is 6.20 Å². The normalized spacial score (nSPS) is 14.2. The number of hydrogen-bond donors (Lipinski definition) is 2. The zero-order valence-corrected chi connectivity index (χ0v) is 10.4. The highest BCUT2D eigenvalue weighted by atomic mass is 16.3. The van der Waals surface area contributed by atoms with E-state index in [4.69, 9.17) is 5.73 Å². The molecular weight excluding hydrogens is 216 g/mol. The molecular formula is C12H18N4O. The fourth-order valence-corrected chi connectivity index (χ4v) is 1.90. The lowest BCUT2D eigenvalue weighted by molar-refractivity contribution is 0.264. The molecule has 2 aromatic heterocycles. The number of nitrogens with zero attached hydrogens (tertiary/aromatic N) is 3. The molecule has 0 radical (unpaired) electrons. The van der Waals surface area contributed by atoms with E-state index in [-0.39, 0.29) is 12.0 Å². The highest BCUT2D eigenvalue weighted by molar-refractivity contribution is 5.39. The Morgan fingerprint density at radius 1 is 1.47 bits per heavy atom. The number of aliphatic hydroxyl groups excluding tert-OH is 1. The second-order valence-corrected chi connectivity index (χ2v) is 5.17. The molecule has 0 aliphatic rings. The van der Waals surface area contributed by atoms with Gasteiger partial charge < -0.3 is 10.8 Å². The van der Waals surface area contributed by atoms with Crippen molar-refractivity contribution >= 4 is 5.78 Å². The van der Waals surface area contributed by atoms with E-state index in [9.17, 15) is 5.11 Å². The Kier molecular flexibility index (Phi) is 2.89. The van der Waals surface area contributed by atoms with Crippen LogP contribution in [0.5, 0.6) is 0 Å². The molecule has 0 bridgehead atoms. The van der Waals surface area contributed by atoms with Crippen molar-refractivity contribution in [2.24, 2.45) is 5.73 Å². The van der Waals surface area contributed by atoms with Gasteiger partial charge in [-0.3, -0.25) is 4.40 Å². The van der Waals surface area contributed by atoms with Gasteiger partial charge in [0.1, 0.15) is 0 Å². The first kappa shape index (κ1) is 12.0. The summed E-state index contributed by atoms with van der Waals surface area (Å²) in [5.41, 5.74) is 7.56. The molecule has 3 N–H and O–H groups in total. The Hall–Kier alpha value is -1.46. The Morgan fingerprint density at radius 2 is 2.18 bits per heavy atom. The SMILES string of the molecule is CC(C)(C)c1nc2ncccn2c1C(N)CO. The highest BCUT2D eigenvalue weighted by Gasteiger charge is 2.27. The van der Waals surface area contributed by atoms with Crippen LogP contribution in [0.2, 0.25) is 0 Å². The van der Waals surface area contributed by atoms with Gasteiger partial charge in [-0.1, -0.05) is 20.8 Å². The van der Waals surface area contributed by atoms with Crippen LogP contribution in [0.3, 0.4) is 0 Å². The number of rotatable bonds is 2. The number of hydrogen-bond acceptors (Lipinski definition) is 4. The molecule has 2 heterocycles. The van der Waals surface area contributed by atoms with Crippen LogP contribution in [-0.2, 0) is 5.41 Å². The maximum atomic E-state index is 9.27. The van der Waals surface area contributed by atoms with Crippen molar-refractivity contribution < 1.29 is 5.11 Å². The van der Waals surface area contributed by atoms with Gasteiger partial charge in [-0.05, 0) is 6.07 Å². The van der Waals surface area contributed by atoms with Crippen LogP contribution >= 0.6 is 0 Å². The molecule has 0 aliphatic carbocycles. The molecule has 0 saturated carbocycles. The first-order valence-corrected chi connectivity index (χ1v) is 5.65. The summed E-state index contributed by atoms with van der Waals surface area (Å²) in [6.45, 7) is 6.11. The zero-order valence-electron chi connectivity index (χ0n) is 10.4. The number of imidazole rings is 1. The topological polar surface area (TPSA) is 76.4 Å². The molecule has 1 unspecified atom stereocenters. The molecule has 0 amide bonds. The lowest BCUT2D eigenvalue weighted by atomic mass is 9.89. The van der Waals surface area contributed by atoms with Crippen molar-refractivity contribution in [1.82, 2.24) is 14.4 Å². The third kappa shape index (κ3) is 2.03. The van der Waals surface area contributed by atoms with Crippen molar-refractivity contribution in [3.05, 3.63) is 29.8 Å². The van der Waals surface area contributed by atoms with Gasteiger partial charge in [0.2, 0.25) is 5.78 Å². The summed E-state index contributed by atoms with van der Waals surface area (Å²) in [4.78, 5) is 8.72. The Balaban J connectivity index is 2.74. The first-order valence-electron chi connectivity index (χ1n) is 5.65. The number of nitrogens with two attached hydrogens (primary N) is 1. The van der Waals surface area contributed by atoms with Crippen LogP contribution in [0, 0.1) is 0 Å². The predicted octanol–water partition coefficient (Wildman–Crippen LogP) is 1.02. The minimum absolute atomic E-state index is 0.105. The Bertz CT molecular complexity index is 527. The van der Waals surface area contributed by atoms with E-state index in [0.29, 0.717) is 5.78 Å². The number of aliphatic hydroxyl groups is 1. The Labute approximate surface area is 100 Å². The predicted molar refractivity (Wildman–Crippen MR) is 65.7 cm³/mol. The van der Waals surface area contributed by atoms with Crippen LogP contribution in [0.4, 0.5) is 0 Å². The second-order valence-electron chi connectivity index (χ2n) is 5.17. The average Bonchev–Trinajstić information content (AvgIpc) is 2.67. The molecule has 5 nitrogen and oxygen atoms in total. The molecule has 1 atom stereocenters. The third-order valence-corrected chi connectivity index (χ3v) is 2.70. The second kappa shape index (κ2) is 4.09. The monoisotopic (exact) mass is 234 g/mol. The summed E-state index contributed by atoms with van der Waals surface area (Å²) in [5.74, 6) is 0.622. The van der Waals surface area contributed by atoms with Gasteiger partial charge in [0, 0.05) is 17.8 Å². The van der Waals surface area contributed by atoms with E-state index < -0.39 is 6.04 Å². The van der Waals surface area contributed by atoms with E-state index >= 15 is 0 Å². The van der Waals surface area contributed by atoms with Gasteiger partial charge in [0.15, 0.2) is 0 Å². The van der Waals surface area contributed by atoms with E-state index in [1.807, 2.05) is 16.7 Å². The fraction of sp³-hybridized carbons (Fsp3) is 0.500. The molecule has 17 heavy (non-hydrogen) atoms. The van der Waals surface area contributed by atoms with Gasteiger partial charge in [0.05, 0.1) is 24.0 Å². The minimum atomic E-state index is -0.441. The molecule has 0 saturated heterocycles. The van der Waals surface area contributed by atoms with Gasteiger partial charge in [-0.2, -0.15) is 0 Å². The van der Waals surface area contributed by atoms with Crippen molar-refractivity contribution in [2.45, 2.75) is 32.2 Å². The number of aromatic nitrogens is 3. The summed E-state index contributed by atoms with van der Waals surface area (Å²) in [7, 11) is 0. The minimum Gasteiger partial charge on any atom is -0.394 e. The van der Waals surface area contributed by atoms with Crippen LogP contribution in [0.15, 0.2) is 18.5 Å². The van der Waals surface area contributed by atoms with Gasteiger partial charge in [0.25, 0.3) is 0 Å². The molecule has 0 spiro atoms. The van der Waals surface area contributed by atoms with Crippen molar-refractivity contribution in [2.75, 3.05) is 6.61 Å². The summed E-state index contributed by atoms with van der Waals surface area (Å²) in [6.07, 6.45) is 3.57. The van der Waals surface area contributed by atoms with E-state index in [1.165, 1.54) is 0 Å². The quantitative estimate of drug-likeness (QED) is 0.813. The third-order valence-electron chi connectivity index (χ3n) is 2.70. The van der Waals surface area contributed by atoms with Gasteiger partial charge >= 0.3 is 0 Å². The summed E-state index contributed by atoms with van der Waals surface area (Å²) in [6, 6.07) is 1.39. The molecule has 2 aromatic rings. The summed E-state index contributed by atoms with van der Waals surface area (Å²) >= 11 is 0. The van der Waals surface area contributed by atoms with Crippen LogP contribution < -0.4 is 5.73 Å². The largest absolute Gasteiger partial charge is 0.394 e. The number of fused-ring (bicyclic) bond motifs is 1. The average molecular weight is 234 g/mol. The highest BCUT2D eigenvalue weighted by Crippen LogP contribution is 2.28. The van der Waals surface area contributed by atoms with Crippen molar-refractivity contribution in [1.29, 1.82) is 0 Å².